The highest BCUT2D eigenvalue weighted by Gasteiger charge is 2.17. The second-order valence-electron chi connectivity index (χ2n) is 4.95. The van der Waals surface area contributed by atoms with Gasteiger partial charge in [-0.1, -0.05) is 12.5 Å². The van der Waals surface area contributed by atoms with Gasteiger partial charge in [0.2, 0.25) is 0 Å². The number of hydrogen-bond acceptors (Lipinski definition) is 3. The number of rotatable bonds is 1. The molecule has 3 rings (SSSR count). The van der Waals surface area contributed by atoms with Gasteiger partial charge in [-0.3, -0.25) is 9.36 Å². The zero-order valence-electron chi connectivity index (χ0n) is 10.6. The summed E-state index contributed by atoms with van der Waals surface area (Å²) in [5.74, 6) is -0.444. The number of halogens is 1. The summed E-state index contributed by atoms with van der Waals surface area (Å²) >= 11 is 0. The fourth-order valence-corrected chi connectivity index (χ4v) is 2.63. The summed E-state index contributed by atoms with van der Waals surface area (Å²) in [5, 5.41) is 3.67. The molecular formula is C14H16FN3O. The molecule has 2 aromatic rings. The first-order valence-electron chi connectivity index (χ1n) is 6.63. The van der Waals surface area contributed by atoms with Gasteiger partial charge in [-0.15, -0.1) is 0 Å². The maximum absolute atomic E-state index is 13.6. The van der Waals surface area contributed by atoms with Gasteiger partial charge in [-0.25, -0.2) is 9.37 Å². The van der Waals surface area contributed by atoms with Gasteiger partial charge >= 0.3 is 0 Å². The Morgan fingerprint density at radius 1 is 1.37 bits per heavy atom. The van der Waals surface area contributed by atoms with Gasteiger partial charge in [0, 0.05) is 6.54 Å². The van der Waals surface area contributed by atoms with Crippen molar-refractivity contribution in [2.45, 2.75) is 25.3 Å². The van der Waals surface area contributed by atoms with E-state index in [4.69, 9.17) is 0 Å². The molecule has 1 aliphatic rings. The molecule has 1 saturated heterocycles. The fraction of sp³-hybridized carbons (Fsp3) is 0.429. The van der Waals surface area contributed by atoms with Gasteiger partial charge in [-0.2, -0.15) is 0 Å². The van der Waals surface area contributed by atoms with Gasteiger partial charge < -0.3 is 5.32 Å². The van der Waals surface area contributed by atoms with Crippen LogP contribution in [0, 0.1) is 5.82 Å². The van der Waals surface area contributed by atoms with Crippen LogP contribution in [0.4, 0.5) is 4.39 Å². The van der Waals surface area contributed by atoms with Crippen molar-refractivity contribution in [3.63, 3.8) is 0 Å². The first-order chi connectivity index (χ1) is 9.27. The molecule has 5 heteroatoms. The molecule has 2 heterocycles. The van der Waals surface area contributed by atoms with Crippen LogP contribution in [0.1, 0.15) is 25.3 Å². The Labute approximate surface area is 110 Å². The minimum atomic E-state index is -0.444. The summed E-state index contributed by atoms with van der Waals surface area (Å²) in [6.45, 7) is 1.75. The topological polar surface area (TPSA) is 46.9 Å². The predicted octanol–water partition coefficient (Wildman–Crippen LogP) is 1.85. The normalized spacial score (nSPS) is 20.4. The summed E-state index contributed by atoms with van der Waals surface area (Å²) in [4.78, 5) is 16.5. The van der Waals surface area contributed by atoms with E-state index in [2.05, 4.69) is 10.3 Å². The Morgan fingerprint density at radius 2 is 2.26 bits per heavy atom. The third-order valence-electron chi connectivity index (χ3n) is 3.68. The first-order valence-corrected chi connectivity index (χ1v) is 6.63. The Balaban J connectivity index is 2.09. The zero-order chi connectivity index (χ0) is 13.2. The maximum Gasteiger partial charge on any atom is 0.261 e. The lowest BCUT2D eigenvalue weighted by Gasteiger charge is -2.17. The van der Waals surface area contributed by atoms with E-state index in [-0.39, 0.29) is 17.1 Å². The summed E-state index contributed by atoms with van der Waals surface area (Å²) < 4.78 is 15.2. The Kier molecular flexibility index (Phi) is 3.29. The van der Waals surface area contributed by atoms with Crippen LogP contribution in [0.25, 0.3) is 10.9 Å². The average molecular weight is 261 g/mol. The Hall–Kier alpha value is -1.75. The number of nitrogens with zero attached hydrogens (tertiary/aromatic N) is 2. The van der Waals surface area contributed by atoms with E-state index in [1.54, 1.807) is 16.7 Å². The summed E-state index contributed by atoms with van der Waals surface area (Å²) in [5.41, 5.74) is 0.00327. The quantitative estimate of drug-likeness (QED) is 0.852. The third kappa shape index (κ3) is 2.26. The van der Waals surface area contributed by atoms with E-state index in [9.17, 15) is 9.18 Å². The lowest BCUT2D eigenvalue weighted by atomic mass is 10.1. The van der Waals surface area contributed by atoms with Crippen LogP contribution in [0.3, 0.4) is 0 Å². The zero-order valence-corrected chi connectivity index (χ0v) is 10.6. The first kappa shape index (κ1) is 12.3. The van der Waals surface area contributed by atoms with E-state index in [1.165, 1.54) is 12.4 Å². The van der Waals surface area contributed by atoms with E-state index in [0.717, 1.165) is 32.4 Å². The van der Waals surface area contributed by atoms with Crippen LogP contribution in [-0.2, 0) is 0 Å². The molecule has 4 nitrogen and oxygen atoms in total. The minimum absolute atomic E-state index is 0.107. The van der Waals surface area contributed by atoms with Crippen LogP contribution in [0.15, 0.2) is 29.3 Å². The SMILES string of the molecule is O=c1c2cccc(F)c2ncn1C1CCCCNC1. The van der Waals surface area contributed by atoms with E-state index in [0.29, 0.717) is 5.39 Å². The van der Waals surface area contributed by atoms with Gasteiger partial charge in [0.05, 0.1) is 17.8 Å². The van der Waals surface area contributed by atoms with Crippen LogP contribution >= 0.6 is 0 Å². The molecule has 0 aliphatic carbocycles. The second kappa shape index (κ2) is 5.09. The van der Waals surface area contributed by atoms with Crippen molar-refractivity contribution in [2.24, 2.45) is 0 Å². The van der Waals surface area contributed by atoms with Crippen molar-refractivity contribution in [3.05, 3.63) is 40.7 Å². The standard InChI is InChI=1S/C14H16FN3O/c15-12-6-3-5-11-13(12)17-9-18(14(11)19)10-4-1-2-7-16-8-10/h3,5-6,9-10,16H,1-2,4,7-8H2. The number of aromatic nitrogens is 2. The number of para-hydroxylation sites is 1. The van der Waals surface area contributed by atoms with Gasteiger partial charge in [0.1, 0.15) is 11.3 Å². The number of nitrogens with one attached hydrogen (secondary N) is 1. The van der Waals surface area contributed by atoms with Gasteiger partial charge in [-0.05, 0) is 31.5 Å². The molecule has 1 fully saturated rings. The molecule has 100 valence electrons. The van der Waals surface area contributed by atoms with Crippen molar-refractivity contribution in [1.29, 1.82) is 0 Å². The molecule has 0 spiro atoms. The third-order valence-corrected chi connectivity index (χ3v) is 3.68. The van der Waals surface area contributed by atoms with Crippen LogP contribution in [0.2, 0.25) is 0 Å². The van der Waals surface area contributed by atoms with Crippen molar-refractivity contribution < 1.29 is 4.39 Å². The molecule has 0 bridgehead atoms. The van der Waals surface area contributed by atoms with Crippen LogP contribution in [0.5, 0.6) is 0 Å². The molecule has 0 saturated carbocycles. The highest BCUT2D eigenvalue weighted by atomic mass is 19.1. The van der Waals surface area contributed by atoms with E-state index >= 15 is 0 Å². The predicted molar refractivity (Wildman–Crippen MR) is 71.7 cm³/mol. The molecule has 0 radical (unpaired) electrons. The van der Waals surface area contributed by atoms with Crippen molar-refractivity contribution in [2.75, 3.05) is 13.1 Å². The molecule has 1 N–H and O–H groups in total. The van der Waals surface area contributed by atoms with Crippen LogP contribution < -0.4 is 10.9 Å². The fourth-order valence-electron chi connectivity index (χ4n) is 2.63. The second-order valence-corrected chi connectivity index (χ2v) is 4.95. The smallest absolute Gasteiger partial charge is 0.261 e. The van der Waals surface area contributed by atoms with Gasteiger partial charge in [0.25, 0.3) is 5.56 Å². The lowest BCUT2D eigenvalue weighted by Crippen LogP contribution is -2.31. The van der Waals surface area contributed by atoms with E-state index in [1.807, 2.05) is 0 Å². The maximum atomic E-state index is 13.6. The number of hydrogen-bond donors (Lipinski definition) is 1. The molecule has 1 unspecified atom stereocenters. The minimum Gasteiger partial charge on any atom is -0.315 e. The van der Waals surface area contributed by atoms with Crippen molar-refractivity contribution in [1.82, 2.24) is 14.9 Å². The molecule has 1 atom stereocenters. The highest BCUT2D eigenvalue weighted by molar-refractivity contribution is 5.77. The molecular weight excluding hydrogens is 245 g/mol. The average Bonchev–Trinajstić information content (AvgIpc) is 2.69. The number of fused-ring (bicyclic) bond motifs is 1. The van der Waals surface area contributed by atoms with Crippen molar-refractivity contribution >= 4 is 10.9 Å². The molecule has 1 aromatic carbocycles. The molecule has 1 aromatic heterocycles. The molecule has 0 amide bonds. The number of benzene rings is 1. The van der Waals surface area contributed by atoms with Crippen molar-refractivity contribution in [3.8, 4) is 0 Å². The Morgan fingerprint density at radius 3 is 3.16 bits per heavy atom. The highest BCUT2D eigenvalue weighted by Crippen LogP contribution is 2.17. The van der Waals surface area contributed by atoms with Crippen LogP contribution in [-0.4, -0.2) is 22.6 Å². The Bertz CT molecular complexity index is 645. The van der Waals surface area contributed by atoms with Gasteiger partial charge in [0.15, 0.2) is 0 Å². The molecule has 19 heavy (non-hydrogen) atoms. The van der Waals surface area contributed by atoms with E-state index < -0.39 is 5.82 Å². The summed E-state index contributed by atoms with van der Waals surface area (Å²) in [6.07, 6.45) is 4.65. The lowest BCUT2D eigenvalue weighted by molar-refractivity contribution is 0.446. The summed E-state index contributed by atoms with van der Waals surface area (Å²) in [6, 6.07) is 4.62. The monoisotopic (exact) mass is 261 g/mol. The molecule has 1 aliphatic heterocycles. The largest absolute Gasteiger partial charge is 0.315 e. The summed E-state index contributed by atoms with van der Waals surface area (Å²) in [7, 11) is 0.